The number of aromatic nitrogens is 4. The topological polar surface area (TPSA) is 63.6 Å². The Bertz CT molecular complexity index is 1030. The van der Waals surface area contributed by atoms with Crippen LogP contribution >= 0.6 is 0 Å². The van der Waals surface area contributed by atoms with Crippen LogP contribution in [0, 0.1) is 12.7 Å². The van der Waals surface area contributed by atoms with E-state index in [0.717, 1.165) is 33.9 Å². The van der Waals surface area contributed by atoms with Crippen molar-refractivity contribution >= 4 is 22.5 Å². The van der Waals surface area contributed by atoms with Crippen molar-refractivity contribution in [1.82, 2.24) is 19.9 Å². The van der Waals surface area contributed by atoms with Gasteiger partial charge in [-0.05, 0) is 31.2 Å². The summed E-state index contributed by atoms with van der Waals surface area (Å²) in [6, 6.07) is 10.8. The lowest BCUT2D eigenvalue weighted by atomic mass is 10.0. The molecule has 0 saturated carbocycles. The molecular weight excluding hydrogens is 317 g/mol. The second-order valence-electron chi connectivity index (χ2n) is 5.60. The van der Waals surface area contributed by atoms with Crippen molar-refractivity contribution in [2.75, 3.05) is 5.32 Å². The van der Waals surface area contributed by atoms with E-state index in [4.69, 9.17) is 0 Å². The Morgan fingerprint density at radius 2 is 1.88 bits per heavy atom. The van der Waals surface area contributed by atoms with Crippen molar-refractivity contribution in [2.45, 2.75) is 6.92 Å². The number of nitrogens with one attached hydrogen (secondary N) is 1. The number of pyridine rings is 4. The largest absolute Gasteiger partial charge is 0.323 e. The van der Waals surface area contributed by atoms with E-state index in [0.29, 0.717) is 11.6 Å². The molecule has 4 aromatic heterocycles. The third-order valence-corrected chi connectivity index (χ3v) is 3.82. The molecule has 6 heteroatoms. The van der Waals surface area contributed by atoms with Gasteiger partial charge in [-0.1, -0.05) is 12.1 Å². The minimum Gasteiger partial charge on any atom is -0.323 e. The molecule has 0 fully saturated rings. The molecule has 0 aliphatic rings. The van der Waals surface area contributed by atoms with Gasteiger partial charge in [0.2, 0.25) is 0 Å². The predicted octanol–water partition coefficient (Wildman–Crippen LogP) is 4.28. The molecule has 0 spiro atoms. The van der Waals surface area contributed by atoms with Gasteiger partial charge in [-0.2, -0.15) is 0 Å². The van der Waals surface area contributed by atoms with Crippen LogP contribution in [0.4, 0.5) is 16.0 Å². The molecule has 0 saturated heterocycles. The highest BCUT2D eigenvalue weighted by Gasteiger charge is 2.12. The highest BCUT2D eigenvalue weighted by atomic mass is 19.1. The average molecular weight is 331 g/mol. The Labute approximate surface area is 143 Å². The summed E-state index contributed by atoms with van der Waals surface area (Å²) in [5.41, 5.74) is 3.53. The van der Waals surface area contributed by atoms with E-state index in [1.807, 2.05) is 31.2 Å². The van der Waals surface area contributed by atoms with E-state index in [1.54, 1.807) is 24.7 Å². The Morgan fingerprint density at radius 3 is 2.64 bits per heavy atom. The molecule has 4 rings (SSSR count). The second kappa shape index (κ2) is 6.24. The van der Waals surface area contributed by atoms with Gasteiger partial charge in [-0.3, -0.25) is 4.98 Å². The molecule has 4 heterocycles. The minimum atomic E-state index is -0.385. The molecule has 0 amide bonds. The third-order valence-electron chi connectivity index (χ3n) is 3.82. The number of anilines is 2. The maximum absolute atomic E-state index is 13.0. The normalized spacial score (nSPS) is 10.8. The van der Waals surface area contributed by atoms with Gasteiger partial charge >= 0.3 is 0 Å². The Balaban J connectivity index is 1.86. The summed E-state index contributed by atoms with van der Waals surface area (Å²) < 4.78 is 13.0. The Hall–Kier alpha value is -3.41. The highest BCUT2D eigenvalue weighted by molar-refractivity contribution is 5.99. The third kappa shape index (κ3) is 3.01. The number of hydrogen-bond donors (Lipinski definition) is 1. The first kappa shape index (κ1) is 15.1. The van der Waals surface area contributed by atoms with Gasteiger partial charge in [-0.25, -0.2) is 19.3 Å². The van der Waals surface area contributed by atoms with Gasteiger partial charge in [0.05, 0.1) is 6.20 Å². The van der Waals surface area contributed by atoms with Crippen molar-refractivity contribution in [3.05, 3.63) is 72.7 Å². The summed E-state index contributed by atoms with van der Waals surface area (Å²) in [4.78, 5) is 17.3. The van der Waals surface area contributed by atoms with E-state index in [-0.39, 0.29) is 5.82 Å². The number of nitrogens with zero attached hydrogens (tertiary/aromatic N) is 4. The molecule has 4 aromatic rings. The summed E-state index contributed by atoms with van der Waals surface area (Å²) in [5.74, 6) is 0.697. The standard InChI is InChI=1S/C19H14FN5/c1-12-4-6-15-16(13-3-2-8-21-9-13)11-23-19(18(15)24-12)25-17-7-5-14(20)10-22-17/h2-11H,1H3,(H,22,23,25). The highest BCUT2D eigenvalue weighted by Crippen LogP contribution is 2.31. The smallest absolute Gasteiger partial charge is 0.158 e. The average Bonchev–Trinajstić information content (AvgIpc) is 2.64. The summed E-state index contributed by atoms with van der Waals surface area (Å²) in [6.45, 7) is 1.93. The van der Waals surface area contributed by atoms with Crippen LogP contribution in [-0.4, -0.2) is 19.9 Å². The first-order valence-corrected chi connectivity index (χ1v) is 7.76. The monoisotopic (exact) mass is 331 g/mol. The molecule has 0 bridgehead atoms. The molecular formula is C19H14FN5. The van der Waals surface area contributed by atoms with E-state index in [2.05, 4.69) is 25.3 Å². The molecule has 122 valence electrons. The number of aryl methyl sites for hydroxylation is 1. The van der Waals surface area contributed by atoms with Crippen LogP contribution in [0.2, 0.25) is 0 Å². The Kier molecular flexibility index (Phi) is 3.78. The van der Waals surface area contributed by atoms with Crippen LogP contribution in [0.25, 0.3) is 22.0 Å². The fraction of sp³-hybridized carbons (Fsp3) is 0.0526. The molecule has 0 atom stereocenters. The molecule has 5 nitrogen and oxygen atoms in total. The van der Waals surface area contributed by atoms with Crippen LogP contribution in [0.5, 0.6) is 0 Å². The summed E-state index contributed by atoms with van der Waals surface area (Å²) >= 11 is 0. The molecule has 0 unspecified atom stereocenters. The lowest BCUT2D eigenvalue weighted by molar-refractivity contribution is 0.622. The van der Waals surface area contributed by atoms with E-state index in [9.17, 15) is 4.39 Å². The minimum absolute atomic E-state index is 0.385. The zero-order valence-electron chi connectivity index (χ0n) is 13.4. The zero-order valence-corrected chi connectivity index (χ0v) is 13.4. The van der Waals surface area contributed by atoms with Gasteiger partial charge in [0.1, 0.15) is 17.2 Å². The van der Waals surface area contributed by atoms with Crippen molar-refractivity contribution in [2.24, 2.45) is 0 Å². The maximum Gasteiger partial charge on any atom is 0.158 e. The van der Waals surface area contributed by atoms with Crippen LogP contribution in [0.1, 0.15) is 5.69 Å². The predicted molar refractivity (Wildman–Crippen MR) is 95.0 cm³/mol. The summed E-state index contributed by atoms with van der Waals surface area (Å²) in [5, 5.41) is 4.07. The van der Waals surface area contributed by atoms with E-state index < -0.39 is 0 Å². The lowest BCUT2D eigenvalue weighted by Crippen LogP contribution is -2.00. The van der Waals surface area contributed by atoms with Crippen LogP contribution in [0.15, 0.2) is 61.2 Å². The number of rotatable bonds is 3. The Morgan fingerprint density at radius 1 is 0.960 bits per heavy atom. The lowest BCUT2D eigenvalue weighted by Gasteiger charge is -2.11. The van der Waals surface area contributed by atoms with Crippen LogP contribution < -0.4 is 5.32 Å². The van der Waals surface area contributed by atoms with Crippen LogP contribution in [-0.2, 0) is 0 Å². The van der Waals surface area contributed by atoms with Crippen molar-refractivity contribution < 1.29 is 4.39 Å². The molecule has 0 radical (unpaired) electrons. The van der Waals surface area contributed by atoms with Crippen molar-refractivity contribution in [3.8, 4) is 11.1 Å². The van der Waals surface area contributed by atoms with Gasteiger partial charge in [0.25, 0.3) is 0 Å². The SMILES string of the molecule is Cc1ccc2c(-c3cccnc3)cnc(Nc3ccc(F)cn3)c2n1. The van der Waals surface area contributed by atoms with Crippen molar-refractivity contribution in [3.63, 3.8) is 0 Å². The van der Waals surface area contributed by atoms with E-state index >= 15 is 0 Å². The summed E-state index contributed by atoms with van der Waals surface area (Å²) in [6.07, 6.45) is 6.47. The molecule has 1 N–H and O–H groups in total. The first-order valence-electron chi connectivity index (χ1n) is 7.76. The van der Waals surface area contributed by atoms with Gasteiger partial charge in [-0.15, -0.1) is 0 Å². The fourth-order valence-corrected chi connectivity index (χ4v) is 2.63. The van der Waals surface area contributed by atoms with Gasteiger partial charge < -0.3 is 5.32 Å². The maximum atomic E-state index is 13.0. The second-order valence-corrected chi connectivity index (χ2v) is 5.60. The fourth-order valence-electron chi connectivity index (χ4n) is 2.63. The number of halogens is 1. The quantitative estimate of drug-likeness (QED) is 0.607. The van der Waals surface area contributed by atoms with Gasteiger partial charge in [0, 0.05) is 40.8 Å². The van der Waals surface area contributed by atoms with Crippen molar-refractivity contribution in [1.29, 1.82) is 0 Å². The number of fused-ring (bicyclic) bond motifs is 1. The first-order chi connectivity index (χ1) is 12.2. The zero-order chi connectivity index (χ0) is 17.2. The summed E-state index contributed by atoms with van der Waals surface area (Å²) in [7, 11) is 0. The molecule has 25 heavy (non-hydrogen) atoms. The van der Waals surface area contributed by atoms with Crippen LogP contribution in [0.3, 0.4) is 0 Å². The molecule has 0 aliphatic carbocycles. The molecule has 0 aromatic carbocycles. The molecule has 0 aliphatic heterocycles. The number of hydrogen-bond acceptors (Lipinski definition) is 5. The van der Waals surface area contributed by atoms with E-state index in [1.165, 1.54) is 6.07 Å². The van der Waals surface area contributed by atoms with Gasteiger partial charge in [0.15, 0.2) is 5.82 Å².